The normalized spacial score (nSPS) is 21.7. The molecule has 1 heterocycles. The molecule has 0 radical (unpaired) electrons. The fraction of sp³-hybridized carbons (Fsp3) is 0.667. The highest BCUT2D eigenvalue weighted by molar-refractivity contribution is 8.04. The highest BCUT2D eigenvalue weighted by Gasteiger charge is 2.27. The molecule has 0 saturated carbocycles. The maximum Gasteiger partial charge on any atom is 0.408 e. The molecule has 7 nitrogen and oxygen atoms in total. The standard InChI is InChI=1S/C15H23NO6S/c1-5-20-13(18)11-7-6-8-21-12(17)10(9-23-11)16-14(19)22-15(2,3)4/h7,10H,5-6,8-9H2,1-4H3,(H,16,19)/b11-7-. The van der Waals surface area contributed by atoms with Gasteiger partial charge in [0.25, 0.3) is 0 Å². The summed E-state index contributed by atoms with van der Waals surface area (Å²) in [5, 5.41) is 2.48. The molecule has 0 aliphatic carbocycles. The number of amides is 1. The third kappa shape index (κ3) is 7.40. The summed E-state index contributed by atoms with van der Waals surface area (Å²) >= 11 is 1.15. The van der Waals surface area contributed by atoms with Crippen LogP contribution in [0.25, 0.3) is 0 Å². The van der Waals surface area contributed by atoms with Crippen molar-refractivity contribution in [2.24, 2.45) is 0 Å². The van der Waals surface area contributed by atoms with Crippen LogP contribution < -0.4 is 5.32 Å². The van der Waals surface area contributed by atoms with Crippen molar-refractivity contribution in [3.63, 3.8) is 0 Å². The second-order valence-electron chi connectivity index (χ2n) is 5.75. The van der Waals surface area contributed by atoms with E-state index in [1.54, 1.807) is 33.8 Å². The van der Waals surface area contributed by atoms with E-state index in [2.05, 4.69) is 5.32 Å². The summed E-state index contributed by atoms with van der Waals surface area (Å²) in [5.74, 6) is -0.840. The Morgan fingerprint density at radius 2 is 2.13 bits per heavy atom. The second-order valence-corrected chi connectivity index (χ2v) is 6.82. The van der Waals surface area contributed by atoms with Gasteiger partial charge in [-0.05, 0) is 27.7 Å². The number of hydrogen-bond donors (Lipinski definition) is 1. The van der Waals surface area contributed by atoms with Gasteiger partial charge in [0.2, 0.25) is 0 Å². The molecule has 0 bridgehead atoms. The van der Waals surface area contributed by atoms with Gasteiger partial charge in [-0.2, -0.15) is 0 Å². The maximum absolute atomic E-state index is 12.0. The van der Waals surface area contributed by atoms with Gasteiger partial charge in [0.15, 0.2) is 0 Å². The minimum Gasteiger partial charge on any atom is -0.464 e. The van der Waals surface area contributed by atoms with Gasteiger partial charge in [-0.15, -0.1) is 11.8 Å². The Hall–Kier alpha value is -1.70. The first-order valence-electron chi connectivity index (χ1n) is 7.39. The molecule has 130 valence electrons. The van der Waals surface area contributed by atoms with E-state index in [-0.39, 0.29) is 19.0 Å². The number of carbonyl (C=O) groups is 3. The average molecular weight is 345 g/mol. The smallest absolute Gasteiger partial charge is 0.408 e. The number of ether oxygens (including phenoxy) is 3. The Balaban J connectivity index is 2.71. The van der Waals surface area contributed by atoms with Gasteiger partial charge in [0, 0.05) is 12.2 Å². The lowest BCUT2D eigenvalue weighted by atomic mass is 10.2. The molecule has 23 heavy (non-hydrogen) atoms. The number of thioether (sulfide) groups is 1. The largest absolute Gasteiger partial charge is 0.464 e. The van der Waals surface area contributed by atoms with Gasteiger partial charge in [0.05, 0.1) is 18.1 Å². The van der Waals surface area contributed by atoms with Crippen LogP contribution in [0.2, 0.25) is 0 Å². The molecule has 1 amide bonds. The van der Waals surface area contributed by atoms with E-state index in [9.17, 15) is 14.4 Å². The Labute approximate surface area is 140 Å². The van der Waals surface area contributed by atoms with E-state index in [4.69, 9.17) is 14.2 Å². The number of alkyl carbamates (subject to hydrolysis) is 1. The highest BCUT2D eigenvalue weighted by atomic mass is 32.2. The zero-order valence-electron chi connectivity index (χ0n) is 13.8. The van der Waals surface area contributed by atoms with E-state index in [0.29, 0.717) is 11.3 Å². The number of nitrogens with one attached hydrogen (secondary N) is 1. The monoisotopic (exact) mass is 345 g/mol. The first-order chi connectivity index (χ1) is 10.7. The van der Waals surface area contributed by atoms with Gasteiger partial charge in [-0.3, -0.25) is 0 Å². The molecule has 0 spiro atoms. The van der Waals surface area contributed by atoms with Crippen LogP contribution in [-0.2, 0) is 23.8 Å². The second kappa shape index (κ2) is 8.81. The summed E-state index contributed by atoms with van der Waals surface area (Å²) in [6.07, 6.45) is 1.37. The fourth-order valence-electron chi connectivity index (χ4n) is 1.65. The van der Waals surface area contributed by atoms with Gasteiger partial charge in [-0.1, -0.05) is 6.08 Å². The van der Waals surface area contributed by atoms with E-state index >= 15 is 0 Å². The molecule has 1 aliphatic rings. The SMILES string of the molecule is CCOC(=O)/C1=C/CCOC(=O)C(NC(=O)OC(C)(C)C)CS1. The van der Waals surface area contributed by atoms with Crippen molar-refractivity contribution in [3.05, 3.63) is 11.0 Å². The summed E-state index contributed by atoms with van der Waals surface area (Å²) in [5.41, 5.74) is -0.671. The van der Waals surface area contributed by atoms with Crippen LogP contribution in [0.5, 0.6) is 0 Å². The summed E-state index contributed by atoms with van der Waals surface area (Å²) in [4.78, 5) is 36.0. The zero-order chi connectivity index (χ0) is 17.5. The molecule has 1 aliphatic heterocycles. The van der Waals surface area contributed by atoms with Crippen molar-refractivity contribution in [2.75, 3.05) is 19.0 Å². The van der Waals surface area contributed by atoms with E-state index in [1.165, 1.54) is 0 Å². The van der Waals surface area contributed by atoms with Crippen LogP contribution in [0.4, 0.5) is 4.79 Å². The third-order valence-corrected chi connectivity index (χ3v) is 3.69. The molecule has 0 aromatic rings. The molecular formula is C15H23NO6S. The predicted molar refractivity (Wildman–Crippen MR) is 85.9 cm³/mol. The summed E-state index contributed by atoms with van der Waals surface area (Å²) in [7, 11) is 0. The van der Waals surface area contributed by atoms with Gasteiger partial charge in [-0.25, -0.2) is 14.4 Å². The number of hydrogen-bond acceptors (Lipinski definition) is 7. The van der Waals surface area contributed by atoms with Crippen LogP contribution in [-0.4, -0.2) is 48.6 Å². The molecular weight excluding hydrogens is 322 g/mol. The lowest BCUT2D eigenvalue weighted by Gasteiger charge is -2.22. The zero-order valence-corrected chi connectivity index (χ0v) is 14.7. The molecule has 8 heteroatoms. The Bertz CT molecular complexity index is 483. The quantitative estimate of drug-likeness (QED) is 0.618. The number of rotatable bonds is 3. The number of cyclic esters (lactones) is 1. The molecule has 0 saturated heterocycles. The van der Waals surface area contributed by atoms with Crippen LogP contribution in [0.3, 0.4) is 0 Å². The molecule has 0 aromatic carbocycles. The van der Waals surface area contributed by atoms with Crippen LogP contribution >= 0.6 is 11.8 Å². The van der Waals surface area contributed by atoms with Crippen molar-refractivity contribution >= 4 is 29.8 Å². The Morgan fingerprint density at radius 1 is 1.43 bits per heavy atom. The molecule has 1 rings (SSSR count). The van der Waals surface area contributed by atoms with Crippen molar-refractivity contribution in [1.29, 1.82) is 0 Å². The van der Waals surface area contributed by atoms with Crippen molar-refractivity contribution in [1.82, 2.24) is 5.32 Å². The van der Waals surface area contributed by atoms with Crippen molar-refractivity contribution in [3.8, 4) is 0 Å². The molecule has 1 N–H and O–H groups in total. The first kappa shape index (κ1) is 19.3. The average Bonchev–Trinajstić information content (AvgIpc) is 2.50. The lowest BCUT2D eigenvalue weighted by molar-refractivity contribution is -0.145. The van der Waals surface area contributed by atoms with Crippen LogP contribution in [0.1, 0.15) is 34.1 Å². The predicted octanol–water partition coefficient (Wildman–Crippen LogP) is 2.01. The van der Waals surface area contributed by atoms with Crippen molar-refractivity contribution < 1.29 is 28.6 Å². The van der Waals surface area contributed by atoms with Crippen molar-refractivity contribution in [2.45, 2.75) is 45.8 Å². The highest BCUT2D eigenvalue weighted by Crippen LogP contribution is 2.21. The molecule has 0 fully saturated rings. The minimum absolute atomic E-state index is 0.134. The van der Waals surface area contributed by atoms with Gasteiger partial charge >= 0.3 is 18.0 Å². The first-order valence-corrected chi connectivity index (χ1v) is 8.37. The van der Waals surface area contributed by atoms with E-state index in [1.807, 2.05) is 0 Å². The number of esters is 2. The van der Waals surface area contributed by atoms with Crippen LogP contribution in [0.15, 0.2) is 11.0 Å². The Kier molecular flexibility index (Phi) is 7.41. The third-order valence-electron chi connectivity index (χ3n) is 2.55. The fourth-order valence-corrected chi connectivity index (χ4v) is 2.62. The molecule has 1 unspecified atom stereocenters. The topological polar surface area (TPSA) is 90.9 Å². The van der Waals surface area contributed by atoms with Crippen LogP contribution in [0, 0.1) is 0 Å². The maximum atomic E-state index is 12.0. The summed E-state index contributed by atoms with van der Waals surface area (Å²) in [6.45, 7) is 7.30. The minimum atomic E-state index is -0.897. The summed E-state index contributed by atoms with van der Waals surface area (Å²) in [6, 6.07) is -0.897. The molecule has 1 atom stereocenters. The lowest BCUT2D eigenvalue weighted by Crippen LogP contribution is -2.45. The van der Waals surface area contributed by atoms with Gasteiger partial charge < -0.3 is 19.5 Å². The number of carbonyl (C=O) groups excluding carboxylic acids is 3. The van der Waals surface area contributed by atoms with Gasteiger partial charge in [0.1, 0.15) is 11.6 Å². The van der Waals surface area contributed by atoms with E-state index in [0.717, 1.165) is 11.8 Å². The summed E-state index contributed by atoms with van der Waals surface area (Å²) < 4.78 is 15.2. The Morgan fingerprint density at radius 3 is 2.74 bits per heavy atom. The van der Waals surface area contributed by atoms with E-state index < -0.39 is 29.7 Å². The molecule has 0 aromatic heterocycles.